The van der Waals surface area contributed by atoms with E-state index < -0.39 is 0 Å². The van der Waals surface area contributed by atoms with Gasteiger partial charge in [-0.3, -0.25) is 5.10 Å². The number of hydrogen-bond donors (Lipinski definition) is 3. The summed E-state index contributed by atoms with van der Waals surface area (Å²) in [5.41, 5.74) is 0.755. The van der Waals surface area contributed by atoms with E-state index in [0.29, 0.717) is 5.95 Å². The van der Waals surface area contributed by atoms with Gasteiger partial charge in [0.05, 0.1) is 11.6 Å². The van der Waals surface area contributed by atoms with Gasteiger partial charge in [-0.05, 0) is 54.1 Å². The topological polar surface area (TPSA) is 85.0 Å². The van der Waals surface area contributed by atoms with Gasteiger partial charge in [-0.1, -0.05) is 0 Å². The highest BCUT2D eigenvalue weighted by Crippen LogP contribution is 2.19. The molecule has 152 valence electrons. The molecule has 8 nitrogen and oxygen atoms in total. The van der Waals surface area contributed by atoms with Crippen LogP contribution in [0.5, 0.6) is 0 Å². The number of nitrogens with one attached hydrogen (secondary N) is 3. The maximum Gasteiger partial charge on any atom is 0.226 e. The second-order valence-electron chi connectivity index (χ2n) is 6.20. The zero-order chi connectivity index (χ0) is 16.7. The highest BCUT2D eigenvalue weighted by Gasteiger charge is 2.09. The summed E-state index contributed by atoms with van der Waals surface area (Å²) in [5, 5.41) is 14.6. The van der Waals surface area contributed by atoms with Crippen LogP contribution in [-0.4, -0.2) is 84.3 Å². The van der Waals surface area contributed by atoms with E-state index in [4.69, 9.17) is 0 Å². The van der Waals surface area contributed by atoms with Crippen LogP contribution >= 0.6 is 37.2 Å². The van der Waals surface area contributed by atoms with Crippen molar-refractivity contribution in [2.45, 2.75) is 12.8 Å². The van der Waals surface area contributed by atoms with Crippen molar-refractivity contribution in [2.75, 3.05) is 65.0 Å². The Kier molecular flexibility index (Phi) is 14.7. The van der Waals surface area contributed by atoms with Crippen LogP contribution in [0.2, 0.25) is 0 Å². The van der Waals surface area contributed by atoms with Crippen molar-refractivity contribution in [3.8, 4) is 0 Å². The van der Waals surface area contributed by atoms with Crippen molar-refractivity contribution in [1.82, 2.24) is 30.0 Å². The summed E-state index contributed by atoms with van der Waals surface area (Å²) >= 11 is 0. The van der Waals surface area contributed by atoms with Crippen LogP contribution in [-0.2, 0) is 0 Å². The van der Waals surface area contributed by atoms with E-state index >= 15 is 0 Å². The van der Waals surface area contributed by atoms with Crippen LogP contribution in [0.4, 0.5) is 11.8 Å². The first-order chi connectivity index (χ1) is 11.1. The number of aromatic nitrogens is 4. The van der Waals surface area contributed by atoms with Gasteiger partial charge in [0.1, 0.15) is 5.82 Å². The molecule has 3 N–H and O–H groups in total. The number of rotatable bonds is 10. The first-order valence-corrected chi connectivity index (χ1v) is 8.04. The van der Waals surface area contributed by atoms with E-state index in [1.54, 1.807) is 6.20 Å². The summed E-state index contributed by atoms with van der Waals surface area (Å²) in [4.78, 5) is 13.4. The number of H-pyrrole nitrogens is 1. The molecule has 0 saturated heterocycles. The van der Waals surface area contributed by atoms with E-state index in [1.165, 1.54) is 0 Å². The number of fused-ring (bicyclic) bond motifs is 1. The van der Waals surface area contributed by atoms with Gasteiger partial charge in [0.25, 0.3) is 0 Å². The Labute approximate surface area is 174 Å². The molecule has 2 heterocycles. The standard InChI is InChI=1S/C15H28N8.3ClH/c1-22(2)9-5-7-16-13-12-11-18-21-14(12)20-15(19-13)17-8-6-10-23(3)4;;;/h11H,5-10H2,1-4H3,(H3,16,17,18,19,20,21);3*1H. The number of aromatic amines is 1. The summed E-state index contributed by atoms with van der Waals surface area (Å²) < 4.78 is 0. The lowest BCUT2D eigenvalue weighted by Crippen LogP contribution is -2.18. The fraction of sp³-hybridized carbons (Fsp3) is 0.667. The van der Waals surface area contributed by atoms with E-state index in [-0.39, 0.29) is 37.2 Å². The number of anilines is 2. The average molecular weight is 430 g/mol. The zero-order valence-electron chi connectivity index (χ0n) is 15.8. The molecule has 0 fully saturated rings. The summed E-state index contributed by atoms with van der Waals surface area (Å²) in [7, 11) is 8.30. The molecular formula is C15H31Cl3N8. The molecule has 0 aromatic carbocycles. The van der Waals surface area contributed by atoms with Crippen molar-refractivity contribution in [1.29, 1.82) is 0 Å². The quantitative estimate of drug-likeness (QED) is 0.500. The highest BCUT2D eigenvalue weighted by atomic mass is 35.5. The lowest BCUT2D eigenvalue weighted by molar-refractivity contribution is 0.405. The Bertz CT molecular complexity index is 606. The SMILES string of the molecule is CN(C)CCCNc1nc(NCCCN(C)C)c2cn[nH]c2n1.Cl.Cl.Cl. The van der Waals surface area contributed by atoms with Crippen LogP contribution < -0.4 is 10.6 Å². The van der Waals surface area contributed by atoms with Gasteiger partial charge in [0.2, 0.25) is 5.95 Å². The third kappa shape index (κ3) is 9.05. The summed E-state index contributed by atoms with van der Waals surface area (Å²) in [5.74, 6) is 1.47. The number of hydrogen-bond acceptors (Lipinski definition) is 7. The summed E-state index contributed by atoms with van der Waals surface area (Å²) in [6.45, 7) is 3.80. The fourth-order valence-corrected chi connectivity index (χ4v) is 2.25. The Morgan fingerprint density at radius 2 is 1.46 bits per heavy atom. The Morgan fingerprint density at radius 3 is 2.04 bits per heavy atom. The van der Waals surface area contributed by atoms with Gasteiger partial charge in [-0.15, -0.1) is 37.2 Å². The molecule has 0 aliphatic rings. The van der Waals surface area contributed by atoms with Gasteiger partial charge in [-0.25, -0.2) is 0 Å². The first kappa shape index (κ1) is 27.2. The normalized spacial score (nSPS) is 10.2. The van der Waals surface area contributed by atoms with Crippen LogP contribution in [0, 0.1) is 0 Å². The molecule has 2 aromatic rings. The lowest BCUT2D eigenvalue weighted by atomic mass is 10.3. The van der Waals surface area contributed by atoms with E-state index in [0.717, 1.165) is 55.9 Å². The third-order valence-corrected chi connectivity index (χ3v) is 3.45. The smallest absolute Gasteiger partial charge is 0.226 e. The zero-order valence-corrected chi connectivity index (χ0v) is 18.2. The largest absolute Gasteiger partial charge is 0.369 e. The highest BCUT2D eigenvalue weighted by molar-refractivity contribution is 5.87. The number of nitrogens with zero attached hydrogens (tertiary/aromatic N) is 5. The number of halogens is 3. The van der Waals surface area contributed by atoms with Gasteiger partial charge in [-0.2, -0.15) is 15.1 Å². The molecule has 0 saturated carbocycles. The molecule has 26 heavy (non-hydrogen) atoms. The molecule has 0 aliphatic heterocycles. The Morgan fingerprint density at radius 1 is 0.885 bits per heavy atom. The minimum Gasteiger partial charge on any atom is -0.369 e. The molecule has 2 aromatic heterocycles. The minimum atomic E-state index is 0. The van der Waals surface area contributed by atoms with Crippen LogP contribution in [0.15, 0.2) is 6.20 Å². The van der Waals surface area contributed by atoms with Gasteiger partial charge >= 0.3 is 0 Å². The molecule has 11 heteroatoms. The molecular weight excluding hydrogens is 399 g/mol. The van der Waals surface area contributed by atoms with Crippen LogP contribution in [0.3, 0.4) is 0 Å². The molecule has 0 aliphatic carbocycles. The van der Waals surface area contributed by atoms with Crippen LogP contribution in [0.25, 0.3) is 11.0 Å². The second-order valence-corrected chi connectivity index (χ2v) is 6.20. The third-order valence-electron chi connectivity index (χ3n) is 3.45. The van der Waals surface area contributed by atoms with E-state index in [1.807, 2.05) is 0 Å². The van der Waals surface area contributed by atoms with Crippen LogP contribution in [0.1, 0.15) is 12.8 Å². The van der Waals surface area contributed by atoms with Crippen molar-refractivity contribution >= 4 is 60.0 Å². The summed E-state index contributed by atoms with van der Waals surface area (Å²) in [6.07, 6.45) is 3.87. The first-order valence-electron chi connectivity index (χ1n) is 8.04. The van der Waals surface area contributed by atoms with E-state index in [9.17, 15) is 0 Å². The predicted octanol–water partition coefficient (Wildman–Crippen LogP) is 2.35. The Balaban J connectivity index is 0. The molecule has 2 rings (SSSR count). The monoisotopic (exact) mass is 428 g/mol. The average Bonchev–Trinajstić information content (AvgIpc) is 2.96. The maximum atomic E-state index is 4.59. The van der Waals surface area contributed by atoms with Gasteiger partial charge in [0.15, 0.2) is 5.65 Å². The van der Waals surface area contributed by atoms with Crippen molar-refractivity contribution in [3.63, 3.8) is 0 Å². The maximum absolute atomic E-state index is 4.59. The van der Waals surface area contributed by atoms with E-state index in [2.05, 4.69) is 68.8 Å². The lowest BCUT2D eigenvalue weighted by Gasteiger charge is -2.12. The molecule has 0 amide bonds. The predicted molar refractivity (Wildman–Crippen MR) is 117 cm³/mol. The minimum absolute atomic E-state index is 0. The Hall–Kier alpha value is -1.06. The molecule has 0 unspecified atom stereocenters. The molecule has 0 spiro atoms. The van der Waals surface area contributed by atoms with Gasteiger partial charge in [0, 0.05) is 13.1 Å². The second kappa shape index (κ2) is 14.1. The van der Waals surface area contributed by atoms with Gasteiger partial charge < -0.3 is 20.4 Å². The molecule has 0 atom stereocenters. The summed E-state index contributed by atoms with van der Waals surface area (Å²) in [6, 6.07) is 0. The van der Waals surface area contributed by atoms with Crippen molar-refractivity contribution in [3.05, 3.63) is 6.20 Å². The fourth-order valence-electron chi connectivity index (χ4n) is 2.25. The van der Waals surface area contributed by atoms with Crippen molar-refractivity contribution < 1.29 is 0 Å². The molecule has 0 radical (unpaired) electrons. The molecule has 0 bridgehead atoms. The van der Waals surface area contributed by atoms with Crippen molar-refractivity contribution in [2.24, 2.45) is 0 Å².